The molecule has 1 aliphatic rings. The number of aromatic nitrogens is 2. The van der Waals surface area contributed by atoms with E-state index in [2.05, 4.69) is 15.5 Å². The fourth-order valence-electron chi connectivity index (χ4n) is 2.61. The number of aromatic amines is 1. The number of anilines is 1. The lowest BCUT2D eigenvalue weighted by atomic mass is 9.85. The molecule has 1 fully saturated rings. The first-order chi connectivity index (χ1) is 9.52. The minimum atomic E-state index is -0.263. The average molecular weight is 279 g/mol. The lowest BCUT2D eigenvalue weighted by Crippen LogP contribution is -2.40. The Kier molecular flexibility index (Phi) is 4.26. The number of carbonyl (C=O) groups is 2. The minimum absolute atomic E-state index is 0.0549. The third-order valence-corrected chi connectivity index (χ3v) is 3.92. The Hall–Kier alpha value is -2.05. The van der Waals surface area contributed by atoms with Gasteiger partial charge in [0.1, 0.15) is 0 Å². The quantitative estimate of drug-likeness (QED) is 0.633. The van der Waals surface area contributed by atoms with Crippen molar-refractivity contribution in [2.45, 2.75) is 45.1 Å². The molecule has 0 saturated heterocycles. The Morgan fingerprint density at radius 1 is 1.35 bits per heavy atom. The van der Waals surface area contributed by atoms with E-state index in [1.807, 2.05) is 6.92 Å². The van der Waals surface area contributed by atoms with Crippen molar-refractivity contribution in [1.29, 1.82) is 0 Å². The van der Waals surface area contributed by atoms with Crippen molar-refractivity contribution in [3.8, 4) is 0 Å². The van der Waals surface area contributed by atoms with E-state index >= 15 is 0 Å². The predicted molar refractivity (Wildman–Crippen MR) is 74.8 cm³/mol. The third-order valence-electron chi connectivity index (χ3n) is 3.92. The lowest BCUT2D eigenvalue weighted by Gasteiger charge is -2.27. The van der Waals surface area contributed by atoms with Crippen LogP contribution < -0.4 is 16.8 Å². The van der Waals surface area contributed by atoms with Crippen molar-refractivity contribution in [3.63, 3.8) is 0 Å². The second kappa shape index (κ2) is 5.94. The second-order valence-electron chi connectivity index (χ2n) is 5.24. The van der Waals surface area contributed by atoms with Gasteiger partial charge in [-0.05, 0) is 32.1 Å². The molecule has 0 spiro atoms. The first kappa shape index (κ1) is 14.4. The molecule has 1 aliphatic carbocycles. The van der Waals surface area contributed by atoms with Crippen LogP contribution in [0.3, 0.4) is 0 Å². The number of nitrogens with one attached hydrogen (secondary N) is 2. The number of nitrogens with zero attached hydrogens (tertiary/aromatic N) is 1. The standard InChI is InChI=1S/C13H21N5O2/c1-2-9-10(14)11(18-17-9)13(20)16-8-5-3-7(4-6-8)12(15)19/h7-8H,2-6,14H2,1H3,(H2,15,19)(H,16,20)(H,17,18). The van der Waals surface area contributed by atoms with E-state index in [0.29, 0.717) is 12.1 Å². The van der Waals surface area contributed by atoms with Gasteiger partial charge in [-0.2, -0.15) is 5.10 Å². The first-order valence-corrected chi connectivity index (χ1v) is 6.95. The van der Waals surface area contributed by atoms with Crippen molar-refractivity contribution in [3.05, 3.63) is 11.4 Å². The van der Waals surface area contributed by atoms with E-state index < -0.39 is 0 Å². The van der Waals surface area contributed by atoms with Crippen molar-refractivity contribution in [2.75, 3.05) is 5.73 Å². The van der Waals surface area contributed by atoms with E-state index in [9.17, 15) is 9.59 Å². The van der Waals surface area contributed by atoms with Crippen LogP contribution in [0.1, 0.15) is 48.8 Å². The third kappa shape index (κ3) is 2.92. The smallest absolute Gasteiger partial charge is 0.274 e. The summed E-state index contributed by atoms with van der Waals surface area (Å²) in [4.78, 5) is 23.2. The van der Waals surface area contributed by atoms with Crippen LogP contribution in [0.15, 0.2) is 0 Å². The highest BCUT2D eigenvalue weighted by atomic mass is 16.2. The molecule has 0 bridgehead atoms. The molecule has 1 heterocycles. The summed E-state index contributed by atoms with van der Waals surface area (Å²) >= 11 is 0. The monoisotopic (exact) mass is 279 g/mol. The van der Waals surface area contributed by atoms with Crippen LogP contribution in [0.25, 0.3) is 0 Å². The van der Waals surface area contributed by atoms with Crippen LogP contribution in [-0.4, -0.2) is 28.1 Å². The Labute approximate surface area is 117 Å². The Balaban J connectivity index is 1.92. The molecule has 0 unspecified atom stereocenters. The highest BCUT2D eigenvalue weighted by Crippen LogP contribution is 2.24. The molecule has 0 radical (unpaired) electrons. The van der Waals surface area contributed by atoms with E-state index in [0.717, 1.165) is 31.4 Å². The molecule has 110 valence electrons. The molecule has 7 nitrogen and oxygen atoms in total. The van der Waals surface area contributed by atoms with Gasteiger partial charge in [-0.1, -0.05) is 6.92 Å². The highest BCUT2D eigenvalue weighted by molar-refractivity contribution is 5.97. The van der Waals surface area contributed by atoms with Gasteiger partial charge in [0, 0.05) is 12.0 Å². The van der Waals surface area contributed by atoms with Gasteiger partial charge in [0.25, 0.3) is 5.91 Å². The molecule has 6 N–H and O–H groups in total. The van der Waals surface area contributed by atoms with Gasteiger partial charge < -0.3 is 16.8 Å². The molecule has 1 aromatic heterocycles. The number of nitrogen functional groups attached to an aromatic ring is 1. The maximum Gasteiger partial charge on any atom is 0.274 e. The van der Waals surface area contributed by atoms with Crippen LogP contribution in [0.5, 0.6) is 0 Å². The summed E-state index contributed by atoms with van der Waals surface area (Å²) in [6.07, 6.45) is 3.65. The summed E-state index contributed by atoms with van der Waals surface area (Å²) in [5.41, 5.74) is 12.6. The van der Waals surface area contributed by atoms with Crippen molar-refractivity contribution < 1.29 is 9.59 Å². The number of carbonyl (C=O) groups excluding carboxylic acids is 2. The second-order valence-corrected chi connectivity index (χ2v) is 5.24. The first-order valence-electron chi connectivity index (χ1n) is 6.95. The summed E-state index contributed by atoms with van der Waals surface area (Å²) < 4.78 is 0. The largest absolute Gasteiger partial charge is 0.395 e. The van der Waals surface area contributed by atoms with Gasteiger partial charge in [0.2, 0.25) is 5.91 Å². The van der Waals surface area contributed by atoms with Gasteiger partial charge in [-0.3, -0.25) is 14.7 Å². The normalized spacial score (nSPS) is 22.4. The van der Waals surface area contributed by atoms with Gasteiger partial charge in [0.15, 0.2) is 5.69 Å². The van der Waals surface area contributed by atoms with E-state index in [4.69, 9.17) is 11.5 Å². The number of amides is 2. The highest BCUT2D eigenvalue weighted by Gasteiger charge is 2.27. The molecular formula is C13H21N5O2. The SMILES string of the molecule is CCc1[nH]nc(C(=O)NC2CCC(C(N)=O)CC2)c1N. The molecule has 7 heteroatoms. The van der Waals surface area contributed by atoms with Gasteiger partial charge in [0.05, 0.1) is 11.4 Å². The topological polar surface area (TPSA) is 127 Å². The lowest BCUT2D eigenvalue weighted by molar-refractivity contribution is -0.122. The van der Waals surface area contributed by atoms with Crippen LogP contribution in [0, 0.1) is 5.92 Å². The molecule has 2 rings (SSSR count). The summed E-state index contributed by atoms with van der Waals surface area (Å²) in [5, 5.41) is 9.65. The molecule has 2 amide bonds. The maximum absolute atomic E-state index is 12.1. The van der Waals surface area contributed by atoms with Gasteiger partial charge in [-0.25, -0.2) is 0 Å². The van der Waals surface area contributed by atoms with E-state index in [1.165, 1.54) is 0 Å². The number of hydrogen-bond donors (Lipinski definition) is 4. The van der Waals surface area contributed by atoms with Crippen molar-refractivity contribution in [2.24, 2.45) is 11.7 Å². The summed E-state index contributed by atoms with van der Waals surface area (Å²) in [7, 11) is 0. The zero-order valence-electron chi connectivity index (χ0n) is 11.6. The predicted octanol–water partition coefficient (Wildman–Crippen LogP) is 0.328. The molecule has 0 aromatic carbocycles. The molecule has 1 saturated carbocycles. The van der Waals surface area contributed by atoms with E-state index in [1.54, 1.807) is 0 Å². The molecule has 20 heavy (non-hydrogen) atoms. The van der Waals surface area contributed by atoms with Crippen LogP contribution >= 0.6 is 0 Å². The minimum Gasteiger partial charge on any atom is -0.395 e. The van der Waals surface area contributed by atoms with Crippen LogP contribution in [0.2, 0.25) is 0 Å². The van der Waals surface area contributed by atoms with Crippen LogP contribution in [-0.2, 0) is 11.2 Å². The molecular weight excluding hydrogens is 258 g/mol. The fraction of sp³-hybridized carbons (Fsp3) is 0.615. The zero-order chi connectivity index (χ0) is 14.7. The molecule has 1 aromatic rings. The van der Waals surface area contributed by atoms with Crippen molar-refractivity contribution >= 4 is 17.5 Å². The van der Waals surface area contributed by atoms with Gasteiger partial charge in [-0.15, -0.1) is 0 Å². The number of nitrogens with two attached hydrogens (primary N) is 2. The number of hydrogen-bond acceptors (Lipinski definition) is 4. The zero-order valence-corrected chi connectivity index (χ0v) is 11.6. The van der Waals surface area contributed by atoms with Gasteiger partial charge >= 0.3 is 0 Å². The summed E-state index contributed by atoms with van der Waals surface area (Å²) in [5.74, 6) is -0.579. The summed E-state index contributed by atoms with van der Waals surface area (Å²) in [6.45, 7) is 1.94. The molecule has 0 aliphatic heterocycles. The molecule has 0 atom stereocenters. The Bertz CT molecular complexity index is 503. The summed E-state index contributed by atoms with van der Waals surface area (Å²) in [6, 6.07) is 0.0549. The number of rotatable bonds is 4. The fourth-order valence-corrected chi connectivity index (χ4v) is 2.61. The number of H-pyrrole nitrogens is 1. The number of aryl methyl sites for hydroxylation is 1. The van der Waals surface area contributed by atoms with Crippen molar-refractivity contribution in [1.82, 2.24) is 15.5 Å². The Morgan fingerprint density at radius 3 is 2.50 bits per heavy atom. The van der Waals surface area contributed by atoms with Crippen LogP contribution in [0.4, 0.5) is 5.69 Å². The van der Waals surface area contributed by atoms with E-state index in [-0.39, 0.29) is 29.5 Å². The number of primary amides is 1. The average Bonchev–Trinajstić information content (AvgIpc) is 2.80. The Morgan fingerprint density at radius 2 is 2.00 bits per heavy atom. The maximum atomic E-state index is 12.1.